The van der Waals surface area contributed by atoms with Gasteiger partial charge in [-0.05, 0) is 119 Å². The van der Waals surface area contributed by atoms with Crippen LogP contribution in [0.3, 0.4) is 0 Å². The maximum atomic E-state index is 11.7. The molecule has 0 N–H and O–H groups in total. The first-order valence-corrected chi connectivity index (χ1v) is 30.8. The van der Waals surface area contributed by atoms with Gasteiger partial charge in [-0.3, -0.25) is 0 Å². The van der Waals surface area contributed by atoms with Crippen molar-refractivity contribution in [2.24, 2.45) is 0 Å². The molecule has 0 aliphatic heterocycles. The average Bonchev–Trinajstić information content (AvgIpc) is 3.32. The van der Waals surface area contributed by atoms with E-state index in [4.69, 9.17) is 0 Å². The molecule has 69 heavy (non-hydrogen) atoms. The van der Waals surface area contributed by atoms with E-state index < -0.39 is 20.2 Å². The van der Waals surface area contributed by atoms with Gasteiger partial charge in [-0.1, -0.05) is 244 Å². The van der Waals surface area contributed by atoms with Crippen LogP contribution >= 0.6 is 0 Å². The van der Waals surface area contributed by atoms with Gasteiger partial charge in [0.15, 0.2) is 0 Å². The predicted octanol–water partition coefficient (Wildman–Crippen LogP) is 17.8. The molecular weight excluding hydrogens is 1020 g/mol. The first kappa shape index (κ1) is 63.9. The summed E-state index contributed by atoms with van der Waals surface area (Å²) in [7, 11) is -8.90. The van der Waals surface area contributed by atoms with Crippen molar-refractivity contribution in [1.82, 2.24) is 0 Å². The van der Waals surface area contributed by atoms with E-state index in [1.807, 2.05) is 0 Å². The van der Waals surface area contributed by atoms with Gasteiger partial charge in [0, 0.05) is 0 Å². The largest absolute Gasteiger partial charge is 2.00 e. The maximum absolute atomic E-state index is 11.7. The van der Waals surface area contributed by atoms with Crippen LogP contribution in [0.5, 0.6) is 0 Å². The van der Waals surface area contributed by atoms with E-state index in [0.29, 0.717) is 0 Å². The Morgan fingerprint density at radius 2 is 0.551 bits per heavy atom. The van der Waals surface area contributed by atoms with Crippen molar-refractivity contribution in [2.75, 3.05) is 0 Å². The molecule has 0 heterocycles. The van der Waals surface area contributed by atoms with E-state index in [2.05, 4.69) is 52.0 Å². The summed E-state index contributed by atoms with van der Waals surface area (Å²) >= 11 is 0. The smallest absolute Gasteiger partial charge is 0.744 e. The fourth-order valence-corrected chi connectivity index (χ4v) is 10.9. The van der Waals surface area contributed by atoms with Gasteiger partial charge in [0.25, 0.3) is 0 Å². The van der Waals surface area contributed by atoms with E-state index in [9.17, 15) is 25.9 Å². The van der Waals surface area contributed by atoms with Crippen LogP contribution in [0.2, 0.25) is 0 Å². The molecule has 0 fully saturated rings. The zero-order valence-electron chi connectivity index (χ0n) is 44.2. The molecule has 9 heteroatoms. The first-order chi connectivity index (χ1) is 32.9. The minimum Gasteiger partial charge on any atom is -0.744 e. The molecule has 0 saturated carbocycles. The average molecular weight is 1110 g/mol. The second-order valence-corrected chi connectivity index (χ2v) is 22.7. The third kappa shape index (κ3) is 26.5. The van der Waals surface area contributed by atoms with E-state index in [1.54, 1.807) is 24.3 Å². The molecule has 0 aliphatic carbocycles. The summed E-state index contributed by atoms with van der Waals surface area (Å²) in [4.78, 5) is -0.220. The molecular formula is C60H94BaO6S2. The van der Waals surface area contributed by atoms with Crippen molar-refractivity contribution in [3.63, 3.8) is 0 Å². The molecule has 384 valence electrons. The van der Waals surface area contributed by atoms with Crippen molar-refractivity contribution >= 4 is 90.7 Å². The molecule has 4 aromatic carbocycles. The first-order valence-electron chi connectivity index (χ1n) is 27.9. The summed E-state index contributed by atoms with van der Waals surface area (Å²) < 4.78 is 70.0. The second-order valence-electron chi connectivity index (χ2n) is 20.0. The number of aryl methyl sites for hydroxylation is 4. The number of hydrogen-bond donors (Lipinski definition) is 0. The van der Waals surface area contributed by atoms with Gasteiger partial charge in [-0.25, -0.2) is 16.8 Å². The quantitative estimate of drug-likeness (QED) is 0.0251. The van der Waals surface area contributed by atoms with E-state index in [-0.39, 0.29) is 58.7 Å². The standard InChI is InChI=1S/2C30H48O3S.Ba/c2*1-3-5-7-9-11-13-15-17-19-26-21-22-27-23-24-28(34(31,32)33)25-30(27)29(26)20-18-16-14-12-10-8-6-4-2;/h2*21-25H,3-20H2,1-2H3,(H,31,32,33);/q;;+2/p-2. The van der Waals surface area contributed by atoms with Gasteiger partial charge in [-0.2, -0.15) is 0 Å². The fraction of sp³-hybridized carbons (Fsp3) is 0.667. The van der Waals surface area contributed by atoms with Crippen molar-refractivity contribution < 1.29 is 25.9 Å². The molecule has 0 aliphatic rings. The van der Waals surface area contributed by atoms with Crippen LogP contribution in [0.15, 0.2) is 70.5 Å². The van der Waals surface area contributed by atoms with Gasteiger partial charge in [0.05, 0.1) is 9.79 Å². The zero-order valence-corrected chi connectivity index (χ0v) is 50.3. The van der Waals surface area contributed by atoms with Crippen LogP contribution in [-0.2, 0) is 45.9 Å². The molecule has 0 saturated heterocycles. The van der Waals surface area contributed by atoms with Crippen molar-refractivity contribution in [2.45, 2.75) is 269 Å². The van der Waals surface area contributed by atoms with Crippen LogP contribution in [0.25, 0.3) is 21.5 Å². The third-order valence-electron chi connectivity index (χ3n) is 14.1. The Hall–Kier alpha value is -1.21. The maximum Gasteiger partial charge on any atom is 2.00 e. The topological polar surface area (TPSA) is 114 Å². The van der Waals surface area contributed by atoms with Gasteiger partial charge >= 0.3 is 48.9 Å². The molecule has 0 unspecified atom stereocenters. The Balaban J connectivity index is 0.000000467. The summed E-state index contributed by atoms with van der Waals surface area (Å²) in [6, 6.07) is 18.4. The summed E-state index contributed by atoms with van der Waals surface area (Å²) in [5.41, 5.74) is 5.19. The van der Waals surface area contributed by atoms with E-state index >= 15 is 0 Å². The molecule has 0 atom stereocenters. The van der Waals surface area contributed by atoms with Gasteiger partial charge < -0.3 is 9.11 Å². The molecule has 0 spiro atoms. The molecule has 0 amide bonds. The summed E-state index contributed by atoms with van der Waals surface area (Å²) in [5.74, 6) is 0. The molecule has 0 radical (unpaired) electrons. The summed E-state index contributed by atoms with van der Waals surface area (Å²) in [6.07, 6.45) is 45.1. The van der Waals surface area contributed by atoms with Crippen molar-refractivity contribution in [1.29, 1.82) is 0 Å². The van der Waals surface area contributed by atoms with E-state index in [0.717, 1.165) is 60.1 Å². The minimum atomic E-state index is -4.45. The number of benzene rings is 4. The van der Waals surface area contributed by atoms with Gasteiger partial charge in [0.2, 0.25) is 0 Å². The van der Waals surface area contributed by atoms with E-state index in [1.165, 1.54) is 227 Å². The summed E-state index contributed by atoms with van der Waals surface area (Å²) in [5, 5.41) is 3.97. The zero-order chi connectivity index (χ0) is 49.3. The summed E-state index contributed by atoms with van der Waals surface area (Å²) in [6.45, 7) is 9.01. The number of rotatable bonds is 38. The monoisotopic (exact) mass is 1110 g/mol. The Kier molecular flexibility index (Phi) is 35.5. The SMILES string of the molecule is CCCCCCCCCCc1ccc2ccc(S(=O)(=O)[O-])cc2c1CCCCCCCCCC.CCCCCCCCCCc1ccc2ccc(S(=O)(=O)[O-])cc2c1CCCCCCCCCC.[Ba+2]. The number of unbranched alkanes of at least 4 members (excludes halogenated alkanes) is 28. The third-order valence-corrected chi connectivity index (χ3v) is 15.8. The normalized spacial score (nSPS) is 11.8. The number of fused-ring (bicyclic) bond motifs is 2. The second kappa shape index (κ2) is 38.4. The van der Waals surface area contributed by atoms with Crippen LogP contribution in [0.1, 0.15) is 255 Å². The molecule has 6 nitrogen and oxygen atoms in total. The molecule has 4 aromatic rings. The molecule has 4 rings (SSSR count). The van der Waals surface area contributed by atoms with Crippen LogP contribution in [0.4, 0.5) is 0 Å². The molecule has 0 bridgehead atoms. The number of hydrogen-bond acceptors (Lipinski definition) is 6. The van der Waals surface area contributed by atoms with Gasteiger partial charge in [0.1, 0.15) is 20.2 Å². The van der Waals surface area contributed by atoms with Crippen molar-refractivity contribution in [3.8, 4) is 0 Å². The van der Waals surface area contributed by atoms with Gasteiger partial charge in [-0.15, -0.1) is 0 Å². The molecule has 0 aromatic heterocycles. The predicted molar refractivity (Wildman–Crippen MR) is 295 cm³/mol. The Labute approximate surface area is 463 Å². The van der Waals surface area contributed by atoms with Crippen LogP contribution in [-0.4, -0.2) is 74.8 Å². The minimum absolute atomic E-state index is 0. The van der Waals surface area contributed by atoms with Crippen molar-refractivity contribution in [3.05, 3.63) is 82.9 Å². The van der Waals surface area contributed by atoms with Crippen LogP contribution in [0, 0.1) is 0 Å². The fourth-order valence-electron chi connectivity index (χ4n) is 9.95. The Bertz CT molecular complexity index is 2030. The Morgan fingerprint density at radius 1 is 0.319 bits per heavy atom. The Morgan fingerprint density at radius 3 is 0.812 bits per heavy atom. The van der Waals surface area contributed by atoms with Crippen LogP contribution < -0.4 is 0 Å².